The first-order chi connectivity index (χ1) is 9.38. The quantitative estimate of drug-likeness (QED) is 0.788. The molecular formula is C14H27N5O. The van der Waals surface area contributed by atoms with Crippen molar-refractivity contribution in [2.45, 2.75) is 47.1 Å². The van der Waals surface area contributed by atoms with E-state index in [2.05, 4.69) is 37.8 Å². The number of amides is 1. The van der Waals surface area contributed by atoms with Crippen molar-refractivity contribution in [3.63, 3.8) is 0 Å². The van der Waals surface area contributed by atoms with Gasteiger partial charge in [0.25, 0.3) is 0 Å². The number of nitrogen functional groups attached to an aromatic ring is 1. The van der Waals surface area contributed by atoms with Crippen LogP contribution < -0.4 is 5.73 Å². The number of carbonyl (C=O) groups is 1. The molecule has 0 atom stereocenters. The average molecular weight is 281 g/mol. The molecule has 0 saturated heterocycles. The Morgan fingerprint density at radius 2 is 1.80 bits per heavy atom. The van der Waals surface area contributed by atoms with Gasteiger partial charge >= 0.3 is 0 Å². The molecular weight excluding hydrogens is 254 g/mol. The number of nitrogens with zero attached hydrogens (tertiary/aromatic N) is 4. The number of rotatable bonds is 8. The second-order valence-corrected chi connectivity index (χ2v) is 6.05. The molecule has 0 saturated carbocycles. The fraction of sp³-hybridized carbons (Fsp3) is 0.786. The highest BCUT2D eigenvalue weighted by molar-refractivity contribution is 5.75. The number of hydrogen-bond donors (Lipinski definition) is 1. The molecule has 1 aromatic heterocycles. The number of hydrogen-bond acceptors (Lipinski definition) is 4. The van der Waals surface area contributed by atoms with Crippen molar-refractivity contribution in [3.8, 4) is 0 Å². The maximum Gasteiger partial charge on any atom is 0.244 e. The van der Waals surface area contributed by atoms with Crippen molar-refractivity contribution in [3.05, 3.63) is 6.33 Å². The standard InChI is InChI=1S/C14H27N5O/c1-11(2)5-7-18(8-6-12(3)4)13(20)9-19-10-16-14(15)17-19/h10-12H,5-9H2,1-4H3,(H2,15,17). The van der Waals surface area contributed by atoms with Crippen LogP contribution in [0.1, 0.15) is 40.5 Å². The molecule has 0 aliphatic rings. The summed E-state index contributed by atoms with van der Waals surface area (Å²) in [6.45, 7) is 10.5. The molecule has 0 aliphatic carbocycles. The molecule has 6 nitrogen and oxygen atoms in total. The van der Waals surface area contributed by atoms with Crippen LogP contribution in [0.25, 0.3) is 0 Å². The minimum atomic E-state index is 0.0798. The molecule has 1 amide bonds. The highest BCUT2D eigenvalue weighted by Crippen LogP contribution is 2.07. The highest BCUT2D eigenvalue weighted by Gasteiger charge is 2.15. The van der Waals surface area contributed by atoms with Crippen molar-refractivity contribution < 1.29 is 4.79 Å². The van der Waals surface area contributed by atoms with Gasteiger partial charge in [-0.25, -0.2) is 9.67 Å². The van der Waals surface area contributed by atoms with Crippen molar-refractivity contribution in [2.75, 3.05) is 18.8 Å². The Kier molecular flexibility index (Phi) is 6.48. The van der Waals surface area contributed by atoms with Gasteiger partial charge in [-0.15, -0.1) is 5.10 Å². The van der Waals surface area contributed by atoms with E-state index in [9.17, 15) is 4.79 Å². The maximum atomic E-state index is 12.3. The summed E-state index contributed by atoms with van der Waals surface area (Å²) in [6.07, 6.45) is 3.53. The van der Waals surface area contributed by atoms with Gasteiger partial charge < -0.3 is 10.6 Å². The van der Waals surface area contributed by atoms with Gasteiger partial charge in [0, 0.05) is 13.1 Å². The molecule has 0 bridgehead atoms. The molecule has 0 aromatic carbocycles. The van der Waals surface area contributed by atoms with Crippen LogP contribution in [0.4, 0.5) is 5.95 Å². The fourth-order valence-electron chi connectivity index (χ4n) is 1.81. The van der Waals surface area contributed by atoms with Crippen LogP contribution in [-0.4, -0.2) is 38.7 Å². The third-order valence-corrected chi connectivity index (χ3v) is 3.16. The lowest BCUT2D eigenvalue weighted by Crippen LogP contribution is -2.36. The lowest BCUT2D eigenvalue weighted by molar-refractivity contribution is -0.132. The van der Waals surface area contributed by atoms with Crippen LogP contribution in [0.5, 0.6) is 0 Å². The molecule has 6 heteroatoms. The Bertz CT molecular complexity index is 401. The average Bonchev–Trinajstić information content (AvgIpc) is 2.73. The first kappa shape index (κ1) is 16.5. The van der Waals surface area contributed by atoms with E-state index >= 15 is 0 Å². The summed E-state index contributed by atoms with van der Waals surface area (Å²) in [5.74, 6) is 1.46. The maximum absolute atomic E-state index is 12.3. The molecule has 0 radical (unpaired) electrons. The van der Waals surface area contributed by atoms with E-state index in [1.54, 1.807) is 0 Å². The summed E-state index contributed by atoms with van der Waals surface area (Å²) >= 11 is 0. The van der Waals surface area contributed by atoms with Crippen molar-refractivity contribution in [1.29, 1.82) is 0 Å². The molecule has 0 unspecified atom stereocenters. The van der Waals surface area contributed by atoms with Crippen molar-refractivity contribution in [2.24, 2.45) is 11.8 Å². The van der Waals surface area contributed by atoms with E-state index in [-0.39, 0.29) is 18.4 Å². The van der Waals surface area contributed by atoms with Crippen molar-refractivity contribution >= 4 is 11.9 Å². The molecule has 0 fully saturated rings. The van der Waals surface area contributed by atoms with Gasteiger partial charge in [0.05, 0.1) is 0 Å². The minimum absolute atomic E-state index is 0.0798. The van der Waals surface area contributed by atoms with E-state index < -0.39 is 0 Å². The van der Waals surface area contributed by atoms with Crippen LogP contribution in [0.15, 0.2) is 6.33 Å². The fourth-order valence-corrected chi connectivity index (χ4v) is 1.81. The Hall–Kier alpha value is -1.59. The van der Waals surface area contributed by atoms with E-state index in [1.165, 1.54) is 11.0 Å². The van der Waals surface area contributed by atoms with Crippen LogP contribution in [-0.2, 0) is 11.3 Å². The number of anilines is 1. The van der Waals surface area contributed by atoms with Gasteiger partial charge in [-0.1, -0.05) is 27.7 Å². The first-order valence-corrected chi connectivity index (χ1v) is 7.31. The normalized spacial score (nSPS) is 11.3. The van der Waals surface area contributed by atoms with Gasteiger partial charge in [0.2, 0.25) is 11.9 Å². The minimum Gasteiger partial charge on any atom is -0.367 e. The summed E-state index contributed by atoms with van der Waals surface area (Å²) in [5.41, 5.74) is 5.46. The third kappa shape index (κ3) is 6.04. The molecule has 0 spiro atoms. The van der Waals surface area contributed by atoms with Crippen LogP contribution in [0, 0.1) is 11.8 Å². The van der Waals surface area contributed by atoms with Crippen molar-refractivity contribution in [1.82, 2.24) is 19.7 Å². The molecule has 114 valence electrons. The van der Waals surface area contributed by atoms with E-state index in [0.717, 1.165) is 25.9 Å². The monoisotopic (exact) mass is 281 g/mol. The first-order valence-electron chi connectivity index (χ1n) is 7.31. The van der Waals surface area contributed by atoms with Gasteiger partial charge in [0.15, 0.2) is 0 Å². The molecule has 1 rings (SSSR count). The predicted molar refractivity (Wildman–Crippen MR) is 79.9 cm³/mol. The largest absolute Gasteiger partial charge is 0.367 e. The van der Waals surface area contributed by atoms with E-state index in [4.69, 9.17) is 5.73 Å². The molecule has 0 aliphatic heterocycles. The SMILES string of the molecule is CC(C)CCN(CCC(C)C)C(=O)Cn1cnc(N)n1. The summed E-state index contributed by atoms with van der Waals surface area (Å²) in [7, 11) is 0. The zero-order valence-electron chi connectivity index (χ0n) is 13.0. The van der Waals surface area contributed by atoms with Gasteiger partial charge in [0.1, 0.15) is 12.9 Å². The third-order valence-electron chi connectivity index (χ3n) is 3.16. The second-order valence-electron chi connectivity index (χ2n) is 6.05. The Morgan fingerprint density at radius 3 is 2.20 bits per heavy atom. The number of nitrogens with two attached hydrogens (primary N) is 1. The van der Waals surface area contributed by atoms with Crippen LogP contribution in [0.3, 0.4) is 0 Å². The zero-order valence-corrected chi connectivity index (χ0v) is 13.0. The zero-order chi connectivity index (χ0) is 15.1. The Labute approximate surface area is 121 Å². The molecule has 20 heavy (non-hydrogen) atoms. The van der Waals surface area contributed by atoms with E-state index in [0.29, 0.717) is 11.8 Å². The lowest BCUT2D eigenvalue weighted by Gasteiger charge is -2.24. The number of aromatic nitrogens is 3. The smallest absolute Gasteiger partial charge is 0.244 e. The highest BCUT2D eigenvalue weighted by atomic mass is 16.2. The summed E-state index contributed by atoms with van der Waals surface area (Å²) in [5, 5.41) is 3.96. The topological polar surface area (TPSA) is 77.0 Å². The van der Waals surface area contributed by atoms with Gasteiger partial charge in [-0.2, -0.15) is 0 Å². The molecule has 1 aromatic rings. The summed E-state index contributed by atoms with van der Waals surface area (Å²) in [6, 6.07) is 0. The number of carbonyl (C=O) groups excluding carboxylic acids is 1. The Morgan fingerprint density at radius 1 is 1.25 bits per heavy atom. The predicted octanol–water partition coefficient (Wildman–Crippen LogP) is 1.78. The molecule has 1 heterocycles. The lowest BCUT2D eigenvalue weighted by atomic mass is 10.1. The molecule has 2 N–H and O–H groups in total. The summed E-state index contributed by atoms with van der Waals surface area (Å²) < 4.78 is 1.50. The second kappa shape index (κ2) is 7.87. The van der Waals surface area contributed by atoms with E-state index in [1.807, 2.05) is 4.90 Å². The van der Waals surface area contributed by atoms with Gasteiger partial charge in [-0.05, 0) is 24.7 Å². The van der Waals surface area contributed by atoms with Crippen LogP contribution >= 0.6 is 0 Å². The summed E-state index contributed by atoms with van der Waals surface area (Å²) in [4.78, 5) is 18.1. The van der Waals surface area contributed by atoms with Gasteiger partial charge in [-0.3, -0.25) is 4.79 Å². The van der Waals surface area contributed by atoms with Crippen LogP contribution in [0.2, 0.25) is 0 Å². The Balaban J connectivity index is 2.57.